The van der Waals surface area contributed by atoms with Crippen LogP contribution < -0.4 is 4.74 Å². The van der Waals surface area contributed by atoms with Crippen LogP contribution >= 0.6 is 47.8 Å². The predicted molar refractivity (Wildman–Crippen MR) is 85.6 cm³/mol. The molecule has 0 aliphatic rings. The first kappa shape index (κ1) is 14.1. The Hall–Kier alpha value is -0.320. The van der Waals surface area contributed by atoms with Gasteiger partial charge in [-0.3, -0.25) is 0 Å². The van der Waals surface area contributed by atoms with E-state index >= 15 is 0 Å². The Kier molecular flexibility index (Phi) is 4.87. The van der Waals surface area contributed by atoms with E-state index in [0.717, 1.165) is 14.7 Å². The van der Waals surface area contributed by atoms with Crippen LogP contribution in [0.1, 0.15) is 16.0 Å². The summed E-state index contributed by atoms with van der Waals surface area (Å²) in [6.45, 7) is 0. The predicted octanol–water partition coefficient (Wildman–Crippen LogP) is 5.70. The van der Waals surface area contributed by atoms with Crippen LogP contribution in [0.5, 0.6) is 5.75 Å². The third kappa shape index (κ3) is 2.98. The molecule has 0 saturated heterocycles. The fourth-order valence-electron chi connectivity index (χ4n) is 1.70. The summed E-state index contributed by atoms with van der Waals surface area (Å²) < 4.78 is 7.29. The summed E-state index contributed by atoms with van der Waals surface area (Å²) in [5, 5.41) is 0. The lowest BCUT2D eigenvalue weighted by molar-refractivity contribution is 0.412. The van der Waals surface area contributed by atoms with Gasteiger partial charge in [-0.25, -0.2) is 0 Å². The lowest BCUT2D eigenvalue weighted by Gasteiger charge is -2.14. The maximum atomic E-state index is 5.24. The molecule has 0 radical (unpaired) electrons. The first-order valence-corrected chi connectivity index (χ1v) is 7.85. The largest absolute Gasteiger partial charge is 0.496 e. The number of alkyl halides is 1. The van der Waals surface area contributed by atoms with Crippen molar-refractivity contribution in [3.05, 3.63) is 62.5 Å². The van der Waals surface area contributed by atoms with Crippen LogP contribution in [0.15, 0.2) is 51.4 Å². The normalized spacial score (nSPS) is 12.2. The SMILES string of the molecule is COc1ccc(C(Br)c2ccccc2Br)cc1Br. The zero-order valence-corrected chi connectivity index (χ0v) is 14.4. The number of rotatable bonds is 3. The molecule has 18 heavy (non-hydrogen) atoms. The second kappa shape index (κ2) is 6.22. The van der Waals surface area contributed by atoms with Crippen LogP contribution in [0.25, 0.3) is 0 Å². The molecule has 2 rings (SSSR count). The summed E-state index contributed by atoms with van der Waals surface area (Å²) in [5.74, 6) is 0.838. The van der Waals surface area contributed by atoms with Crippen LogP contribution in [0.3, 0.4) is 0 Å². The Labute approximate surface area is 132 Å². The fraction of sp³-hybridized carbons (Fsp3) is 0.143. The van der Waals surface area contributed by atoms with Gasteiger partial charge in [0.05, 0.1) is 16.4 Å². The van der Waals surface area contributed by atoms with E-state index in [-0.39, 0.29) is 4.83 Å². The van der Waals surface area contributed by atoms with Gasteiger partial charge in [0, 0.05) is 4.47 Å². The van der Waals surface area contributed by atoms with Gasteiger partial charge in [-0.15, -0.1) is 0 Å². The molecule has 0 spiro atoms. The summed E-state index contributed by atoms with van der Waals surface area (Å²) in [5.41, 5.74) is 2.38. The minimum atomic E-state index is 0.148. The monoisotopic (exact) mass is 432 g/mol. The van der Waals surface area contributed by atoms with Gasteiger partial charge in [0.2, 0.25) is 0 Å². The Morgan fingerprint density at radius 1 is 1.00 bits per heavy atom. The maximum absolute atomic E-state index is 5.24. The van der Waals surface area contributed by atoms with Gasteiger partial charge in [-0.1, -0.05) is 56.1 Å². The minimum Gasteiger partial charge on any atom is -0.496 e. The molecule has 94 valence electrons. The highest BCUT2D eigenvalue weighted by Crippen LogP contribution is 2.37. The van der Waals surface area contributed by atoms with E-state index in [4.69, 9.17) is 4.74 Å². The Morgan fingerprint density at radius 2 is 1.72 bits per heavy atom. The third-order valence-corrected chi connectivity index (χ3v) is 5.01. The van der Waals surface area contributed by atoms with E-state index in [0.29, 0.717) is 0 Å². The molecule has 0 aliphatic heterocycles. The van der Waals surface area contributed by atoms with E-state index < -0.39 is 0 Å². The van der Waals surface area contributed by atoms with Gasteiger partial charge in [-0.2, -0.15) is 0 Å². The van der Waals surface area contributed by atoms with Crippen molar-refractivity contribution in [3.8, 4) is 5.75 Å². The van der Waals surface area contributed by atoms with E-state index in [1.807, 2.05) is 24.3 Å². The molecule has 2 aromatic rings. The molecule has 2 aromatic carbocycles. The molecular formula is C14H11Br3O. The summed E-state index contributed by atoms with van der Waals surface area (Å²) in [7, 11) is 1.67. The molecule has 4 heteroatoms. The van der Waals surface area contributed by atoms with Crippen molar-refractivity contribution in [2.24, 2.45) is 0 Å². The van der Waals surface area contributed by atoms with Crippen LogP contribution in [-0.2, 0) is 0 Å². The van der Waals surface area contributed by atoms with Crippen LogP contribution in [0.4, 0.5) is 0 Å². The average Bonchev–Trinajstić information content (AvgIpc) is 2.38. The van der Waals surface area contributed by atoms with Gasteiger partial charge in [-0.05, 0) is 45.3 Å². The number of hydrogen-bond acceptors (Lipinski definition) is 1. The fourth-order valence-corrected chi connectivity index (χ4v) is 3.76. The molecule has 1 atom stereocenters. The average molecular weight is 435 g/mol. The number of ether oxygens (including phenoxy) is 1. The second-order valence-electron chi connectivity index (χ2n) is 3.78. The molecule has 0 aromatic heterocycles. The summed E-state index contributed by atoms with van der Waals surface area (Å²) in [4.78, 5) is 0.148. The minimum absolute atomic E-state index is 0.148. The van der Waals surface area contributed by atoms with Crippen molar-refractivity contribution >= 4 is 47.8 Å². The van der Waals surface area contributed by atoms with Crippen molar-refractivity contribution in [1.82, 2.24) is 0 Å². The zero-order valence-electron chi connectivity index (χ0n) is 9.66. The standard InChI is InChI=1S/C14H11Br3O/c1-18-13-7-6-9(8-12(13)16)14(17)10-4-2-3-5-11(10)15/h2-8,14H,1H3. The Morgan fingerprint density at radius 3 is 2.33 bits per heavy atom. The molecule has 0 saturated carbocycles. The summed E-state index contributed by atoms with van der Waals surface area (Å²) in [6.07, 6.45) is 0. The number of halogens is 3. The molecule has 0 bridgehead atoms. The summed E-state index contributed by atoms with van der Waals surface area (Å²) in [6, 6.07) is 14.3. The highest BCUT2D eigenvalue weighted by atomic mass is 79.9. The molecule has 0 heterocycles. The Bertz CT molecular complexity index is 554. The summed E-state index contributed by atoms with van der Waals surface area (Å²) >= 11 is 10.8. The van der Waals surface area contributed by atoms with Crippen molar-refractivity contribution < 1.29 is 4.74 Å². The van der Waals surface area contributed by atoms with Gasteiger partial charge in [0.1, 0.15) is 5.75 Å². The van der Waals surface area contributed by atoms with E-state index in [2.05, 4.69) is 66.0 Å². The number of methoxy groups -OCH3 is 1. The zero-order chi connectivity index (χ0) is 13.1. The van der Waals surface area contributed by atoms with Crippen molar-refractivity contribution in [1.29, 1.82) is 0 Å². The molecule has 1 unspecified atom stereocenters. The van der Waals surface area contributed by atoms with E-state index in [1.165, 1.54) is 11.1 Å². The van der Waals surface area contributed by atoms with Gasteiger partial charge in [0.25, 0.3) is 0 Å². The van der Waals surface area contributed by atoms with Crippen LogP contribution in [0.2, 0.25) is 0 Å². The van der Waals surface area contributed by atoms with Crippen LogP contribution in [0, 0.1) is 0 Å². The second-order valence-corrected chi connectivity index (χ2v) is 6.40. The van der Waals surface area contributed by atoms with Crippen molar-refractivity contribution in [3.63, 3.8) is 0 Å². The van der Waals surface area contributed by atoms with Gasteiger partial charge in [0.15, 0.2) is 0 Å². The van der Waals surface area contributed by atoms with Gasteiger partial charge >= 0.3 is 0 Å². The van der Waals surface area contributed by atoms with E-state index in [9.17, 15) is 0 Å². The van der Waals surface area contributed by atoms with E-state index in [1.54, 1.807) is 7.11 Å². The molecule has 0 fully saturated rings. The lowest BCUT2D eigenvalue weighted by Crippen LogP contribution is -1.95. The Balaban J connectivity index is 2.37. The van der Waals surface area contributed by atoms with Gasteiger partial charge < -0.3 is 4.74 Å². The molecule has 0 amide bonds. The molecule has 0 N–H and O–H groups in total. The van der Waals surface area contributed by atoms with Crippen LogP contribution in [-0.4, -0.2) is 7.11 Å². The number of benzene rings is 2. The number of hydrogen-bond donors (Lipinski definition) is 0. The quantitative estimate of drug-likeness (QED) is 0.562. The highest BCUT2D eigenvalue weighted by Gasteiger charge is 2.14. The first-order valence-electron chi connectivity index (χ1n) is 5.35. The van der Waals surface area contributed by atoms with Crippen molar-refractivity contribution in [2.45, 2.75) is 4.83 Å². The first-order chi connectivity index (χ1) is 8.63. The lowest BCUT2D eigenvalue weighted by atomic mass is 10.0. The molecule has 1 nitrogen and oxygen atoms in total. The molecular weight excluding hydrogens is 424 g/mol. The smallest absolute Gasteiger partial charge is 0.133 e. The van der Waals surface area contributed by atoms with Crippen molar-refractivity contribution in [2.75, 3.05) is 7.11 Å². The maximum Gasteiger partial charge on any atom is 0.133 e. The topological polar surface area (TPSA) is 9.23 Å². The molecule has 0 aliphatic carbocycles. The third-order valence-electron chi connectivity index (χ3n) is 2.65. The highest BCUT2D eigenvalue weighted by molar-refractivity contribution is 9.11.